The molecule has 68 valence electrons. The van der Waals surface area contributed by atoms with E-state index in [9.17, 15) is 0 Å². The van der Waals surface area contributed by atoms with Gasteiger partial charge >= 0.3 is 0 Å². The van der Waals surface area contributed by atoms with Crippen LogP contribution in [-0.4, -0.2) is 11.0 Å². The van der Waals surface area contributed by atoms with E-state index >= 15 is 0 Å². The fourth-order valence-corrected chi connectivity index (χ4v) is 0.892. The number of hydrogen-bond acceptors (Lipinski definition) is 2. The predicted octanol–water partition coefficient (Wildman–Crippen LogP) is -0.911. The van der Waals surface area contributed by atoms with Gasteiger partial charge in [0, 0.05) is 6.47 Å². The molecule has 0 spiro atoms. The summed E-state index contributed by atoms with van der Waals surface area (Å²) in [6.07, 6.45) is 7.43. The van der Waals surface area contributed by atoms with Crippen molar-refractivity contribution in [2.24, 2.45) is 7.05 Å². The van der Waals surface area contributed by atoms with Crippen molar-refractivity contribution in [3.63, 3.8) is 0 Å². The van der Waals surface area contributed by atoms with Gasteiger partial charge in [0.1, 0.15) is 12.4 Å². The molecule has 0 aliphatic carbocycles. The lowest BCUT2D eigenvalue weighted by atomic mass is 10.5. The molecule has 1 heterocycles. The second kappa shape index (κ2) is 6.39. The topological polar surface area (TPSA) is 48.9 Å². The lowest BCUT2D eigenvalue weighted by Crippen LogP contribution is -2.23. The van der Waals surface area contributed by atoms with Crippen LogP contribution < -0.4 is 9.67 Å². The summed E-state index contributed by atoms with van der Waals surface area (Å²) in [6.45, 7) is 2.81. The van der Waals surface area contributed by atoms with Crippen molar-refractivity contribution in [2.45, 2.75) is 19.9 Å². The van der Waals surface area contributed by atoms with Crippen LogP contribution in [0.1, 0.15) is 13.3 Å². The first-order valence-electron chi connectivity index (χ1n) is 3.81. The number of carboxylic acid groups (broad SMARTS) is 1. The lowest BCUT2D eigenvalue weighted by molar-refractivity contribution is -0.671. The van der Waals surface area contributed by atoms with Gasteiger partial charge in [0.15, 0.2) is 0 Å². The Morgan fingerprint density at radius 1 is 1.67 bits per heavy atom. The Kier molecular flexibility index (Phi) is 5.69. The third-order valence-electron chi connectivity index (χ3n) is 1.31. The summed E-state index contributed by atoms with van der Waals surface area (Å²) in [5.41, 5.74) is 0. The van der Waals surface area contributed by atoms with E-state index < -0.39 is 6.47 Å². The highest BCUT2D eigenvalue weighted by molar-refractivity contribution is 5.29. The first-order chi connectivity index (χ1) is 5.74. The van der Waals surface area contributed by atoms with Crippen molar-refractivity contribution in [3.8, 4) is 0 Å². The van der Waals surface area contributed by atoms with Crippen LogP contribution in [0.2, 0.25) is 0 Å². The Morgan fingerprint density at radius 3 is 2.58 bits per heavy atom. The summed E-state index contributed by atoms with van der Waals surface area (Å²) in [4.78, 5) is 8.25. The van der Waals surface area contributed by atoms with E-state index in [0.717, 1.165) is 6.54 Å². The van der Waals surface area contributed by atoms with Crippen molar-refractivity contribution in [2.75, 3.05) is 0 Å². The third-order valence-corrected chi connectivity index (χ3v) is 1.31. The molecule has 0 fully saturated rings. The molecule has 1 rings (SSSR count). The first-order valence-corrected chi connectivity index (χ1v) is 3.81. The van der Waals surface area contributed by atoms with Gasteiger partial charge in [0.05, 0.1) is 13.6 Å². The Bertz CT molecular complexity index is 221. The molecule has 0 N–H and O–H groups in total. The predicted molar refractivity (Wildman–Crippen MR) is 42.0 cm³/mol. The summed E-state index contributed by atoms with van der Waals surface area (Å²) in [5.74, 6) is 0. The molecule has 1 aromatic rings. The van der Waals surface area contributed by atoms with E-state index in [1.807, 2.05) is 7.05 Å². The summed E-state index contributed by atoms with van der Waals surface area (Å²) in [6, 6.07) is 0. The number of aryl methyl sites for hydroxylation is 2. The average molecular weight is 170 g/mol. The molecule has 4 nitrogen and oxygen atoms in total. The highest BCUT2D eigenvalue weighted by Crippen LogP contribution is 1.85. The maximum atomic E-state index is 8.25. The third kappa shape index (κ3) is 4.49. The SMILES string of the molecule is CCCn1cc[n+](C)c1.O=C[O-]. The van der Waals surface area contributed by atoms with Crippen molar-refractivity contribution in [1.82, 2.24) is 4.57 Å². The molecule has 0 bridgehead atoms. The molecule has 0 saturated heterocycles. The van der Waals surface area contributed by atoms with Crippen LogP contribution >= 0.6 is 0 Å². The molecular formula is C8H14N2O2. The minimum Gasteiger partial charge on any atom is -0.554 e. The zero-order chi connectivity index (χ0) is 9.40. The van der Waals surface area contributed by atoms with Gasteiger partial charge in [0.2, 0.25) is 6.33 Å². The summed E-state index contributed by atoms with van der Waals surface area (Å²) in [5, 5.41) is 8.25. The van der Waals surface area contributed by atoms with Gasteiger partial charge in [-0.1, -0.05) is 6.92 Å². The second-order valence-electron chi connectivity index (χ2n) is 2.41. The summed E-state index contributed by atoms with van der Waals surface area (Å²) >= 11 is 0. The molecule has 12 heavy (non-hydrogen) atoms. The van der Waals surface area contributed by atoms with Crippen molar-refractivity contribution in [1.29, 1.82) is 0 Å². The smallest absolute Gasteiger partial charge is 0.243 e. The van der Waals surface area contributed by atoms with E-state index in [1.54, 1.807) is 0 Å². The fourth-order valence-electron chi connectivity index (χ4n) is 0.892. The van der Waals surface area contributed by atoms with Gasteiger partial charge in [-0.25, -0.2) is 9.13 Å². The van der Waals surface area contributed by atoms with Crippen LogP contribution in [0.4, 0.5) is 0 Å². The zero-order valence-electron chi connectivity index (χ0n) is 7.43. The van der Waals surface area contributed by atoms with Crippen molar-refractivity contribution < 1.29 is 14.5 Å². The maximum Gasteiger partial charge on any atom is 0.243 e. The monoisotopic (exact) mass is 170 g/mol. The van der Waals surface area contributed by atoms with Gasteiger partial charge in [0.25, 0.3) is 0 Å². The number of nitrogens with zero attached hydrogens (tertiary/aromatic N) is 2. The molecule has 0 amide bonds. The summed E-state index contributed by atoms with van der Waals surface area (Å²) in [7, 11) is 2.03. The molecule has 0 saturated carbocycles. The number of hydrogen-bond donors (Lipinski definition) is 0. The minimum absolute atomic E-state index is 0.500. The van der Waals surface area contributed by atoms with Crippen LogP contribution in [0.5, 0.6) is 0 Å². The fraction of sp³-hybridized carbons (Fsp3) is 0.500. The van der Waals surface area contributed by atoms with Crippen LogP contribution in [0.15, 0.2) is 18.7 Å². The molecule has 1 aromatic heterocycles. The standard InChI is InChI=1S/C7H13N2.CH2O2/c1-3-4-9-6-5-8(2)7-9;2-1-3/h5-7H,3-4H2,1-2H3;1H,(H,2,3)/q+1;/p-1. The Balaban J connectivity index is 0.000000354. The Labute approximate surface area is 72.1 Å². The molecule has 0 radical (unpaired) electrons. The van der Waals surface area contributed by atoms with Gasteiger partial charge in [-0.15, -0.1) is 0 Å². The van der Waals surface area contributed by atoms with E-state index in [-0.39, 0.29) is 0 Å². The summed E-state index contributed by atoms with van der Waals surface area (Å²) < 4.78 is 4.23. The minimum atomic E-state index is -0.500. The molecule has 0 unspecified atom stereocenters. The lowest BCUT2D eigenvalue weighted by Gasteiger charge is -1.86. The first kappa shape index (κ1) is 10.7. The van der Waals surface area contributed by atoms with E-state index in [1.165, 1.54) is 6.42 Å². The quantitative estimate of drug-likeness (QED) is 0.426. The van der Waals surface area contributed by atoms with Crippen LogP contribution in [0.3, 0.4) is 0 Å². The number of imidazole rings is 1. The highest BCUT2D eigenvalue weighted by atomic mass is 16.3. The van der Waals surface area contributed by atoms with Gasteiger partial charge in [-0.3, -0.25) is 0 Å². The second-order valence-corrected chi connectivity index (χ2v) is 2.41. The Hall–Kier alpha value is -1.32. The highest BCUT2D eigenvalue weighted by Gasteiger charge is 1.94. The number of rotatable bonds is 2. The van der Waals surface area contributed by atoms with E-state index in [0.29, 0.717) is 0 Å². The largest absolute Gasteiger partial charge is 0.554 e. The van der Waals surface area contributed by atoms with Crippen molar-refractivity contribution >= 4 is 6.47 Å². The molecule has 0 aromatic carbocycles. The molecule has 0 atom stereocenters. The molecule has 4 heteroatoms. The van der Waals surface area contributed by atoms with E-state index in [2.05, 4.69) is 34.8 Å². The van der Waals surface area contributed by atoms with Crippen LogP contribution in [0, 0.1) is 0 Å². The average Bonchev–Trinajstić information content (AvgIpc) is 2.38. The maximum absolute atomic E-state index is 8.25. The normalized spacial score (nSPS) is 8.50. The zero-order valence-corrected chi connectivity index (χ0v) is 7.43. The number of aromatic nitrogens is 2. The van der Waals surface area contributed by atoms with E-state index in [4.69, 9.17) is 9.90 Å². The number of carbonyl (C=O) groups is 1. The van der Waals surface area contributed by atoms with Crippen LogP contribution in [0.25, 0.3) is 0 Å². The molecule has 0 aliphatic heterocycles. The number of carbonyl (C=O) groups excluding carboxylic acids is 1. The Morgan fingerprint density at radius 2 is 2.25 bits per heavy atom. The van der Waals surface area contributed by atoms with Gasteiger partial charge < -0.3 is 9.90 Å². The van der Waals surface area contributed by atoms with Crippen molar-refractivity contribution in [3.05, 3.63) is 18.7 Å². The molecular weight excluding hydrogens is 156 g/mol. The van der Waals surface area contributed by atoms with Crippen LogP contribution in [-0.2, 0) is 18.4 Å². The van der Waals surface area contributed by atoms with Gasteiger partial charge in [-0.05, 0) is 6.42 Å². The molecule has 0 aliphatic rings. The van der Waals surface area contributed by atoms with Gasteiger partial charge in [-0.2, -0.15) is 0 Å².